The maximum atomic E-state index is 10.2. The lowest BCUT2D eigenvalue weighted by Crippen LogP contribution is -2.46. The zero-order valence-electron chi connectivity index (χ0n) is 20.8. The maximum Gasteiger partial charge on any atom is 0.500 e. The van der Waals surface area contributed by atoms with E-state index in [1.54, 1.807) is 33.1 Å². The van der Waals surface area contributed by atoms with Crippen LogP contribution in [0.3, 0.4) is 0 Å². The lowest BCUT2D eigenvalue weighted by atomic mass is 10.2. The van der Waals surface area contributed by atoms with Crippen LogP contribution in [0.5, 0.6) is 0 Å². The Morgan fingerprint density at radius 3 is 1.60 bits per heavy atom. The quantitative estimate of drug-likeness (QED) is 0.163. The molecule has 0 aromatic carbocycles. The maximum absolute atomic E-state index is 10.2. The Balaban J connectivity index is 0. The number of carboxylic acid groups (broad SMARTS) is 1. The molecule has 0 fully saturated rings. The van der Waals surface area contributed by atoms with Gasteiger partial charge < -0.3 is 27.7 Å². The Morgan fingerprint density at radius 1 is 0.833 bits per heavy atom. The van der Waals surface area contributed by atoms with Gasteiger partial charge in [-0.3, -0.25) is 0 Å². The van der Waals surface area contributed by atoms with Crippen LogP contribution < -0.4 is 5.11 Å². The number of rotatable bonds is 19. The fourth-order valence-corrected chi connectivity index (χ4v) is 6.00. The zero-order valence-corrected chi connectivity index (χ0v) is 22.6. The van der Waals surface area contributed by atoms with Crippen molar-refractivity contribution in [2.24, 2.45) is 0 Å². The summed E-state index contributed by atoms with van der Waals surface area (Å²) in [5, 5.41) is 10.2. The molecular weight excluding hydrogens is 418 g/mol. The minimum Gasteiger partial charge on any atom is -0.550 e. The fourth-order valence-electron chi connectivity index (χ4n) is 3.16. The number of hydrogen-bond donors (Lipinski definition) is 0. The van der Waals surface area contributed by atoms with E-state index in [0.29, 0.717) is 5.75 Å². The van der Waals surface area contributed by atoms with E-state index in [9.17, 15) is 9.90 Å². The summed E-state index contributed by atoms with van der Waals surface area (Å²) in [6, 6.07) is 0.745. The SMILES string of the molecule is CCCC[N+](C)(CCCC)CCCC.CO[Si](CCCSCCC(=O)[O-])(OC)OC. The summed E-state index contributed by atoms with van der Waals surface area (Å²) >= 11 is 1.59. The molecule has 30 heavy (non-hydrogen) atoms. The molecule has 0 bridgehead atoms. The number of nitrogens with zero attached hydrogens (tertiary/aromatic N) is 1. The van der Waals surface area contributed by atoms with Gasteiger partial charge in [0.25, 0.3) is 0 Å². The van der Waals surface area contributed by atoms with Crippen molar-refractivity contribution in [3.63, 3.8) is 0 Å². The van der Waals surface area contributed by atoms with E-state index in [4.69, 9.17) is 13.3 Å². The Hall–Kier alpha value is -0.123. The van der Waals surface area contributed by atoms with Crippen LogP contribution in [-0.4, -0.2) is 78.8 Å². The van der Waals surface area contributed by atoms with E-state index in [1.807, 2.05) is 0 Å². The highest BCUT2D eigenvalue weighted by atomic mass is 32.2. The normalized spacial score (nSPS) is 11.8. The van der Waals surface area contributed by atoms with Crippen molar-refractivity contribution in [1.29, 1.82) is 0 Å². The number of carboxylic acids is 1. The summed E-state index contributed by atoms with van der Waals surface area (Å²) in [5.74, 6) is 0.462. The van der Waals surface area contributed by atoms with Crippen LogP contribution in [0, 0.1) is 0 Å². The Bertz CT molecular complexity index is 368. The molecule has 0 rings (SSSR count). The Morgan fingerprint density at radius 2 is 1.27 bits per heavy atom. The minimum absolute atomic E-state index is 0.103. The highest BCUT2D eigenvalue weighted by Gasteiger charge is 2.36. The Kier molecular flexibility index (Phi) is 22.2. The van der Waals surface area contributed by atoms with Gasteiger partial charge in [-0.05, 0) is 43.6 Å². The average Bonchev–Trinajstić information content (AvgIpc) is 2.75. The van der Waals surface area contributed by atoms with Gasteiger partial charge in [0.15, 0.2) is 0 Å². The Labute approximate surface area is 192 Å². The molecular formula is C22H49NO5SSi. The van der Waals surface area contributed by atoms with Gasteiger partial charge in [0.05, 0.1) is 26.7 Å². The van der Waals surface area contributed by atoms with Gasteiger partial charge in [0, 0.05) is 33.3 Å². The molecule has 0 aromatic rings. The molecule has 0 aliphatic carbocycles. The van der Waals surface area contributed by atoms with E-state index in [0.717, 1.165) is 18.2 Å². The topological polar surface area (TPSA) is 67.8 Å². The van der Waals surface area contributed by atoms with Crippen LogP contribution in [0.25, 0.3) is 0 Å². The molecule has 0 radical (unpaired) electrons. The number of carbonyl (C=O) groups is 1. The summed E-state index contributed by atoms with van der Waals surface area (Å²) in [7, 11) is 4.76. The lowest BCUT2D eigenvalue weighted by molar-refractivity contribution is -0.910. The largest absolute Gasteiger partial charge is 0.550 e. The molecule has 0 heterocycles. The third kappa shape index (κ3) is 17.5. The van der Waals surface area contributed by atoms with Gasteiger partial charge in [-0.15, -0.1) is 0 Å². The predicted molar refractivity (Wildman–Crippen MR) is 129 cm³/mol. The van der Waals surface area contributed by atoms with Crippen LogP contribution in [0.4, 0.5) is 0 Å². The first-order valence-electron chi connectivity index (χ1n) is 11.5. The molecule has 0 unspecified atom stereocenters. The van der Waals surface area contributed by atoms with Crippen LogP contribution >= 0.6 is 11.8 Å². The molecule has 0 spiro atoms. The van der Waals surface area contributed by atoms with Crippen molar-refractivity contribution in [1.82, 2.24) is 0 Å². The third-order valence-corrected chi connectivity index (χ3v) is 9.21. The zero-order chi connectivity index (χ0) is 23.3. The van der Waals surface area contributed by atoms with Gasteiger partial charge in [0.1, 0.15) is 0 Å². The second-order valence-corrected chi connectivity index (χ2v) is 12.3. The average molecular weight is 468 g/mol. The molecule has 0 saturated carbocycles. The number of carbonyl (C=O) groups excluding carboxylic acids is 1. The van der Waals surface area contributed by atoms with Gasteiger partial charge in [-0.1, -0.05) is 40.0 Å². The predicted octanol–water partition coefficient (Wildman–Crippen LogP) is 3.96. The molecule has 0 amide bonds. The van der Waals surface area contributed by atoms with Crippen molar-refractivity contribution in [3.05, 3.63) is 0 Å². The molecule has 0 aromatic heterocycles. The number of hydrogen-bond acceptors (Lipinski definition) is 6. The molecule has 0 N–H and O–H groups in total. The minimum atomic E-state index is -2.44. The molecule has 6 nitrogen and oxygen atoms in total. The third-order valence-electron chi connectivity index (χ3n) is 5.31. The van der Waals surface area contributed by atoms with E-state index < -0.39 is 14.8 Å². The number of aliphatic carboxylic acids is 1. The number of unbranched alkanes of at least 4 members (excludes halogenated alkanes) is 3. The lowest BCUT2D eigenvalue weighted by Gasteiger charge is -2.34. The number of quaternary nitrogens is 1. The van der Waals surface area contributed by atoms with E-state index in [1.165, 1.54) is 62.6 Å². The van der Waals surface area contributed by atoms with E-state index >= 15 is 0 Å². The smallest absolute Gasteiger partial charge is 0.500 e. The van der Waals surface area contributed by atoms with Gasteiger partial charge in [0.2, 0.25) is 0 Å². The number of thioether (sulfide) groups is 1. The van der Waals surface area contributed by atoms with E-state index in [-0.39, 0.29) is 6.42 Å². The standard InChI is InChI=1S/C13H30N.C9H20O5SSi/c1-5-8-11-14(4,12-9-6-2)13-10-7-3;1-12-16(13-2,14-3)8-4-6-15-7-5-9(10)11/h5-13H2,1-4H3;4-8H2,1-3H3,(H,10,11)/q+1;/p-1. The van der Waals surface area contributed by atoms with Crippen molar-refractivity contribution < 1.29 is 27.7 Å². The highest BCUT2D eigenvalue weighted by Crippen LogP contribution is 2.17. The van der Waals surface area contributed by atoms with E-state index in [2.05, 4.69) is 27.8 Å². The summed E-state index contributed by atoms with van der Waals surface area (Å²) in [5.41, 5.74) is 0. The highest BCUT2D eigenvalue weighted by molar-refractivity contribution is 7.99. The molecule has 0 aliphatic rings. The van der Waals surface area contributed by atoms with Crippen molar-refractivity contribution in [3.8, 4) is 0 Å². The fraction of sp³-hybridized carbons (Fsp3) is 0.955. The molecule has 182 valence electrons. The first kappa shape index (κ1) is 32.1. The summed E-state index contributed by atoms with van der Waals surface area (Å²) < 4.78 is 17.1. The van der Waals surface area contributed by atoms with Gasteiger partial charge >= 0.3 is 8.80 Å². The van der Waals surface area contributed by atoms with Crippen molar-refractivity contribution >= 4 is 26.5 Å². The van der Waals surface area contributed by atoms with Crippen molar-refractivity contribution in [2.75, 3.05) is 59.5 Å². The van der Waals surface area contributed by atoms with Crippen molar-refractivity contribution in [2.45, 2.75) is 78.2 Å². The second-order valence-electron chi connectivity index (χ2n) is 7.98. The first-order valence-corrected chi connectivity index (χ1v) is 14.6. The summed E-state index contributed by atoms with van der Waals surface area (Å²) in [6.45, 7) is 11.0. The molecule has 0 aliphatic heterocycles. The molecule has 0 saturated heterocycles. The second kappa shape index (κ2) is 20.8. The summed E-state index contributed by atoms with van der Waals surface area (Å²) in [6.07, 6.45) is 9.19. The summed E-state index contributed by atoms with van der Waals surface area (Å²) in [4.78, 5) is 10.2. The van der Waals surface area contributed by atoms with Gasteiger partial charge in [-0.25, -0.2) is 0 Å². The van der Waals surface area contributed by atoms with Gasteiger partial charge in [-0.2, -0.15) is 11.8 Å². The monoisotopic (exact) mass is 467 g/mol. The molecule has 8 heteroatoms. The van der Waals surface area contributed by atoms with Crippen LogP contribution in [-0.2, 0) is 18.1 Å². The molecule has 0 atom stereocenters. The van der Waals surface area contributed by atoms with Crippen LogP contribution in [0.2, 0.25) is 6.04 Å². The first-order chi connectivity index (χ1) is 14.3. The van der Waals surface area contributed by atoms with Crippen LogP contribution in [0.1, 0.15) is 72.1 Å². The van der Waals surface area contributed by atoms with Crippen LogP contribution in [0.15, 0.2) is 0 Å².